The topological polar surface area (TPSA) is 58.2 Å². The Morgan fingerprint density at radius 2 is 1.95 bits per heavy atom. The summed E-state index contributed by atoms with van der Waals surface area (Å²) in [5.74, 6) is 2.11. The molecule has 2 saturated carbocycles. The third-order valence-corrected chi connectivity index (χ3v) is 7.35. The SMILES string of the molecule is CCNCc1csc(S(=O)(=O)NCC(C2CC2)C2CC2)c1. The Hall–Kier alpha value is -0.430. The maximum atomic E-state index is 12.4. The largest absolute Gasteiger partial charge is 0.313 e. The van der Waals surface area contributed by atoms with E-state index in [0.717, 1.165) is 30.5 Å². The summed E-state index contributed by atoms with van der Waals surface area (Å²) in [6, 6.07) is 1.79. The van der Waals surface area contributed by atoms with Crippen LogP contribution in [0.4, 0.5) is 0 Å². The van der Waals surface area contributed by atoms with Crippen molar-refractivity contribution in [2.75, 3.05) is 13.1 Å². The van der Waals surface area contributed by atoms with Gasteiger partial charge in [-0.15, -0.1) is 11.3 Å². The summed E-state index contributed by atoms with van der Waals surface area (Å²) in [5, 5.41) is 5.14. The molecule has 6 heteroatoms. The van der Waals surface area contributed by atoms with Crippen LogP contribution >= 0.6 is 11.3 Å². The van der Waals surface area contributed by atoms with Crippen LogP contribution in [0.25, 0.3) is 0 Å². The molecule has 4 nitrogen and oxygen atoms in total. The van der Waals surface area contributed by atoms with E-state index in [9.17, 15) is 8.42 Å². The lowest BCUT2D eigenvalue weighted by atomic mass is 9.99. The van der Waals surface area contributed by atoms with Gasteiger partial charge in [-0.05, 0) is 67.0 Å². The molecule has 21 heavy (non-hydrogen) atoms. The van der Waals surface area contributed by atoms with Crippen molar-refractivity contribution in [1.29, 1.82) is 0 Å². The third-order valence-electron chi connectivity index (χ3n) is 4.44. The quantitative estimate of drug-likeness (QED) is 0.732. The minimum Gasteiger partial charge on any atom is -0.313 e. The Kier molecular flexibility index (Phi) is 4.69. The number of nitrogens with one attached hydrogen (secondary N) is 2. The van der Waals surface area contributed by atoms with Crippen molar-refractivity contribution >= 4 is 21.4 Å². The fraction of sp³-hybridized carbons (Fsp3) is 0.733. The van der Waals surface area contributed by atoms with Gasteiger partial charge in [0.05, 0.1) is 0 Å². The number of hydrogen-bond acceptors (Lipinski definition) is 4. The Morgan fingerprint density at radius 1 is 1.29 bits per heavy atom. The lowest BCUT2D eigenvalue weighted by Gasteiger charge is -2.15. The Labute approximate surface area is 131 Å². The van der Waals surface area contributed by atoms with E-state index in [1.807, 2.05) is 12.3 Å². The van der Waals surface area contributed by atoms with E-state index in [0.29, 0.717) is 16.7 Å². The summed E-state index contributed by atoms with van der Waals surface area (Å²) in [6.07, 6.45) is 5.15. The molecule has 3 rings (SSSR count). The van der Waals surface area contributed by atoms with E-state index in [-0.39, 0.29) is 0 Å². The van der Waals surface area contributed by atoms with Crippen LogP contribution in [-0.4, -0.2) is 21.5 Å². The van der Waals surface area contributed by atoms with Gasteiger partial charge < -0.3 is 5.32 Å². The van der Waals surface area contributed by atoms with Crippen molar-refractivity contribution in [2.24, 2.45) is 17.8 Å². The molecule has 0 aromatic carbocycles. The van der Waals surface area contributed by atoms with E-state index in [4.69, 9.17) is 0 Å². The molecule has 2 aliphatic rings. The molecule has 118 valence electrons. The van der Waals surface area contributed by atoms with Crippen LogP contribution in [0.3, 0.4) is 0 Å². The van der Waals surface area contributed by atoms with Gasteiger partial charge in [0.1, 0.15) is 4.21 Å². The zero-order chi connectivity index (χ0) is 14.9. The first-order valence-electron chi connectivity index (χ1n) is 7.88. The summed E-state index contributed by atoms with van der Waals surface area (Å²) in [6.45, 7) is 4.29. The van der Waals surface area contributed by atoms with Crippen molar-refractivity contribution in [3.05, 3.63) is 17.0 Å². The molecular formula is C15H24N2O2S2. The lowest BCUT2D eigenvalue weighted by molar-refractivity contribution is 0.402. The maximum Gasteiger partial charge on any atom is 0.250 e. The van der Waals surface area contributed by atoms with Crippen molar-refractivity contribution in [3.63, 3.8) is 0 Å². The van der Waals surface area contributed by atoms with Crippen LogP contribution in [0, 0.1) is 17.8 Å². The van der Waals surface area contributed by atoms with Gasteiger partial charge in [0, 0.05) is 13.1 Å². The van der Waals surface area contributed by atoms with Crippen LogP contribution in [0.2, 0.25) is 0 Å². The second-order valence-corrected chi connectivity index (χ2v) is 9.15. The van der Waals surface area contributed by atoms with Gasteiger partial charge in [-0.2, -0.15) is 0 Å². The minimum absolute atomic E-state index is 0.445. The standard InChI is InChI=1S/C15H24N2O2S2/c1-2-16-8-11-7-15(20-10-11)21(18,19)17-9-14(12-3-4-12)13-5-6-13/h7,10,12-14,16-17H,2-6,8-9H2,1H3. The molecule has 0 spiro atoms. The molecule has 0 atom stereocenters. The molecule has 1 heterocycles. The summed E-state index contributed by atoms with van der Waals surface area (Å²) in [4.78, 5) is 0. The van der Waals surface area contributed by atoms with E-state index in [1.165, 1.54) is 37.0 Å². The average molecular weight is 329 g/mol. The second-order valence-electron chi connectivity index (χ2n) is 6.24. The number of thiophene rings is 1. The number of hydrogen-bond donors (Lipinski definition) is 2. The second kappa shape index (κ2) is 6.36. The Morgan fingerprint density at radius 3 is 2.52 bits per heavy atom. The van der Waals surface area contributed by atoms with Gasteiger partial charge in [-0.25, -0.2) is 13.1 Å². The number of sulfonamides is 1. The molecule has 1 aromatic heterocycles. The first-order chi connectivity index (χ1) is 10.1. The van der Waals surface area contributed by atoms with Crippen molar-refractivity contribution in [2.45, 2.75) is 43.4 Å². The van der Waals surface area contributed by atoms with Crippen LogP contribution in [-0.2, 0) is 16.6 Å². The summed E-state index contributed by atoms with van der Waals surface area (Å²) in [5.41, 5.74) is 1.04. The van der Waals surface area contributed by atoms with E-state index in [1.54, 1.807) is 6.07 Å². The van der Waals surface area contributed by atoms with Crippen LogP contribution in [0.5, 0.6) is 0 Å². The fourth-order valence-corrected chi connectivity index (χ4v) is 5.23. The first-order valence-corrected chi connectivity index (χ1v) is 10.2. The van der Waals surface area contributed by atoms with E-state index >= 15 is 0 Å². The van der Waals surface area contributed by atoms with Gasteiger partial charge in [0.2, 0.25) is 10.0 Å². The molecule has 2 fully saturated rings. The average Bonchev–Trinajstić information content (AvgIpc) is 3.38. The summed E-state index contributed by atoms with van der Waals surface area (Å²) >= 11 is 1.32. The highest BCUT2D eigenvalue weighted by molar-refractivity contribution is 7.91. The molecule has 2 aliphatic carbocycles. The van der Waals surface area contributed by atoms with Crippen molar-refractivity contribution in [3.8, 4) is 0 Å². The highest BCUT2D eigenvalue weighted by Crippen LogP contribution is 2.48. The molecule has 0 amide bonds. The molecule has 2 N–H and O–H groups in total. The zero-order valence-corrected chi connectivity index (χ0v) is 14.1. The molecule has 0 aliphatic heterocycles. The van der Waals surface area contributed by atoms with Crippen molar-refractivity contribution < 1.29 is 8.42 Å². The van der Waals surface area contributed by atoms with E-state index in [2.05, 4.69) is 10.0 Å². The molecule has 0 radical (unpaired) electrons. The molecular weight excluding hydrogens is 304 g/mol. The van der Waals surface area contributed by atoms with Crippen LogP contribution in [0.15, 0.2) is 15.7 Å². The smallest absolute Gasteiger partial charge is 0.250 e. The van der Waals surface area contributed by atoms with Crippen LogP contribution < -0.4 is 10.0 Å². The Balaban J connectivity index is 1.58. The third kappa shape index (κ3) is 4.06. The first kappa shape index (κ1) is 15.5. The Bertz CT molecular complexity index is 562. The van der Waals surface area contributed by atoms with Crippen LogP contribution in [0.1, 0.15) is 38.2 Å². The van der Waals surface area contributed by atoms with Crippen molar-refractivity contribution in [1.82, 2.24) is 10.0 Å². The molecule has 0 saturated heterocycles. The highest BCUT2D eigenvalue weighted by Gasteiger charge is 2.41. The monoisotopic (exact) mass is 328 g/mol. The highest BCUT2D eigenvalue weighted by atomic mass is 32.2. The summed E-state index contributed by atoms with van der Waals surface area (Å²) < 4.78 is 28.1. The van der Waals surface area contributed by atoms with Gasteiger partial charge in [0.15, 0.2) is 0 Å². The number of rotatable bonds is 9. The normalized spacial score (nSPS) is 19.3. The molecule has 1 aromatic rings. The fourth-order valence-electron chi connectivity index (χ4n) is 2.90. The zero-order valence-electron chi connectivity index (χ0n) is 12.5. The van der Waals surface area contributed by atoms with Gasteiger partial charge in [-0.1, -0.05) is 6.92 Å². The summed E-state index contributed by atoms with van der Waals surface area (Å²) in [7, 11) is -3.33. The predicted molar refractivity (Wildman–Crippen MR) is 85.8 cm³/mol. The van der Waals surface area contributed by atoms with Gasteiger partial charge >= 0.3 is 0 Å². The maximum absolute atomic E-state index is 12.4. The van der Waals surface area contributed by atoms with Gasteiger partial charge in [0.25, 0.3) is 0 Å². The lowest BCUT2D eigenvalue weighted by Crippen LogP contribution is -2.30. The minimum atomic E-state index is -3.33. The molecule has 0 unspecified atom stereocenters. The molecule has 0 bridgehead atoms. The van der Waals surface area contributed by atoms with E-state index < -0.39 is 10.0 Å². The van der Waals surface area contributed by atoms with Gasteiger partial charge in [-0.3, -0.25) is 0 Å². The predicted octanol–water partition coefficient (Wildman–Crippen LogP) is 2.57.